The Kier molecular flexibility index (Phi) is 4.16. The predicted molar refractivity (Wildman–Crippen MR) is 67.2 cm³/mol. The maximum absolute atomic E-state index is 11.9. The first-order valence-corrected chi connectivity index (χ1v) is 7.39. The quantitative estimate of drug-likeness (QED) is 0.732. The fourth-order valence-electron chi connectivity index (χ4n) is 1.26. The van der Waals surface area contributed by atoms with Gasteiger partial charge in [0.1, 0.15) is 0 Å². The summed E-state index contributed by atoms with van der Waals surface area (Å²) in [6, 6.07) is 1.51. The molecule has 0 aliphatic heterocycles. The Hall–Kier alpha value is -0.960. The Morgan fingerprint density at radius 2 is 2.06 bits per heavy atom. The number of nitrogens with one attached hydrogen (secondary N) is 1. The van der Waals surface area contributed by atoms with E-state index in [4.69, 9.17) is 5.11 Å². The number of aliphatic hydroxyl groups is 1. The van der Waals surface area contributed by atoms with E-state index in [-0.39, 0.29) is 4.90 Å². The molecule has 0 radical (unpaired) electrons. The second kappa shape index (κ2) is 4.96. The van der Waals surface area contributed by atoms with E-state index in [1.165, 1.54) is 17.4 Å². The molecule has 102 valence electrons. The van der Waals surface area contributed by atoms with E-state index in [2.05, 4.69) is 4.72 Å². The Labute approximate surface area is 109 Å². The molecule has 6 nitrogen and oxygen atoms in total. The number of carbonyl (C=O) groups is 1. The fourth-order valence-corrected chi connectivity index (χ4v) is 3.95. The Balaban J connectivity index is 2.91. The van der Waals surface area contributed by atoms with E-state index < -0.39 is 28.1 Å². The van der Waals surface area contributed by atoms with Crippen molar-refractivity contribution in [2.45, 2.75) is 31.3 Å². The minimum absolute atomic E-state index is 0.117. The van der Waals surface area contributed by atoms with Crippen LogP contribution in [0.3, 0.4) is 0 Å². The van der Waals surface area contributed by atoms with Gasteiger partial charge in [0.2, 0.25) is 10.0 Å². The first kappa shape index (κ1) is 15.1. The lowest BCUT2D eigenvalue weighted by Gasteiger charge is -2.18. The first-order valence-electron chi connectivity index (χ1n) is 5.09. The zero-order valence-electron chi connectivity index (χ0n) is 10.2. The van der Waals surface area contributed by atoms with Crippen molar-refractivity contribution in [2.24, 2.45) is 0 Å². The molecule has 1 heterocycles. The summed E-state index contributed by atoms with van der Waals surface area (Å²) in [5.41, 5.74) is -2.13. The van der Waals surface area contributed by atoms with Gasteiger partial charge in [-0.1, -0.05) is 0 Å². The standard InChI is InChI=1S/C10H15NO5S2/c1-6-4-8(7(2)17-6)18(15,16)11-5-10(3,14)9(12)13/h4,11,14H,5H2,1-3H3,(H,12,13). The smallest absolute Gasteiger partial charge is 0.336 e. The van der Waals surface area contributed by atoms with Gasteiger partial charge in [-0.05, 0) is 26.8 Å². The minimum Gasteiger partial charge on any atom is -0.479 e. The number of hydrogen-bond acceptors (Lipinski definition) is 5. The molecule has 0 aliphatic rings. The van der Waals surface area contributed by atoms with Crippen LogP contribution < -0.4 is 4.72 Å². The number of hydrogen-bond donors (Lipinski definition) is 3. The molecular weight excluding hydrogens is 278 g/mol. The van der Waals surface area contributed by atoms with Gasteiger partial charge in [-0.2, -0.15) is 0 Å². The van der Waals surface area contributed by atoms with Crippen molar-refractivity contribution in [1.29, 1.82) is 0 Å². The lowest BCUT2D eigenvalue weighted by molar-refractivity contribution is -0.155. The third-order valence-corrected chi connectivity index (χ3v) is 4.97. The van der Waals surface area contributed by atoms with Gasteiger partial charge in [-0.25, -0.2) is 17.9 Å². The summed E-state index contributed by atoms with van der Waals surface area (Å²) < 4.78 is 26.0. The SMILES string of the molecule is Cc1cc(S(=O)(=O)NCC(C)(O)C(=O)O)c(C)s1. The molecule has 1 aromatic heterocycles. The number of carboxylic acids is 1. The Morgan fingerprint density at radius 3 is 2.44 bits per heavy atom. The zero-order chi connectivity index (χ0) is 14.1. The minimum atomic E-state index is -3.80. The topological polar surface area (TPSA) is 104 Å². The highest BCUT2D eigenvalue weighted by Gasteiger charge is 2.32. The molecule has 0 spiro atoms. The van der Waals surface area contributed by atoms with Crippen LogP contribution >= 0.6 is 11.3 Å². The third kappa shape index (κ3) is 3.29. The monoisotopic (exact) mass is 293 g/mol. The number of carboxylic acid groups (broad SMARTS) is 1. The lowest BCUT2D eigenvalue weighted by Crippen LogP contribution is -2.46. The average Bonchev–Trinajstić information content (AvgIpc) is 2.56. The van der Waals surface area contributed by atoms with Crippen LogP contribution in [-0.2, 0) is 14.8 Å². The summed E-state index contributed by atoms with van der Waals surface area (Å²) in [5, 5.41) is 18.1. The Morgan fingerprint density at radius 1 is 1.50 bits per heavy atom. The average molecular weight is 293 g/mol. The highest BCUT2D eigenvalue weighted by Crippen LogP contribution is 2.24. The lowest BCUT2D eigenvalue weighted by atomic mass is 10.1. The molecule has 18 heavy (non-hydrogen) atoms. The predicted octanol–water partition coefficient (Wildman–Crippen LogP) is 0.479. The van der Waals surface area contributed by atoms with E-state index in [0.717, 1.165) is 11.8 Å². The normalized spacial score (nSPS) is 15.3. The van der Waals surface area contributed by atoms with Gasteiger partial charge >= 0.3 is 5.97 Å². The first-order chi connectivity index (χ1) is 8.06. The van der Waals surface area contributed by atoms with Crippen LogP contribution in [0.25, 0.3) is 0 Å². The molecule has 0 aromatic carbocycles. The van der Waals surface area contributed by atoms with Crippen LogP contribution in [0.1, 0.15) is 16.7 Å². The molecular formula is C10H15NO5S2. The van der Waals surface area contributed by atoms with Crippen molar-refractivity contribution >= 4 is 27.3 Å². The molecule has 0 saturated heterocycles. The maximum Gasteiger partial charge on any atom is 0.336 e. The van der Waals surface area contributed by atoms with Gasteiger partial charge < -0.3 is 10.2 Å². The van der Waals surface area contributed by atoms with Crippen molar-refractivity contribution in [1.82, 2.24) is 4.72 Å². The number of aliphatic carboxylic acids is 1. The largest absolute Gasteiger partial charge is 0.479 e. The van der Waals surface area contributed by atoms with Crippen molar-refractivity contribution in [3.63, 3.8) is 0 Å². The van der Waals surface area contributed by atoms with E-state index in [0.29, 0.717) is 4.88 Å². The number of aryl methyl sites for hydroxylation is 2. The van der Waals surface area contributed by atoms with E-state index in [1.54, 1.807) is 13.8 Å². The summed E-state index contributed by atoms with van der Waals surface area (Å²) in [4.78, 5) is 12.2. The van der Waals surface area contributed by atoms with Crippen LogP contribution in [0, 0.1) is 13.8 Å². The molecule has 0 amide bonds. The van der Waals surface area contributed by atoms with E-state index >= 15 is 0 Å². The number of thiophene rings is 1. The van der Waals surface area contributed by atoms with Gasteiger partial charge in [0.05, 0.1) is 11.4 Å². The number of rotatable bonds is 5. The van der Waals surface area contributed by atoms with Crippen molar-refractivity contribution in [2.75, 3.05) is 6.54 Å². The number of sulfonamides is 1. The summed E-state index contributed by atoms with van der Waals surface area (Å²) in [7, 11) is -3.80. The van der Waals surface area contributed by atoms with Crippen LogP contribution in [0.5, 0.6) is 0 Å². The van der Waals surface area contributed by atoms with Crippen molar-refractivity contribution in [3.05, 3.63) is 15.8 Å². The zero-order valence-corrected chi connectivity index (χ0v) is 11.9. The summed E-state index contributed by atoms with van der Waals surface area (Å²) >= 11 is 1.34. The molecule has 0 fully saturated rings. The fraction of sp³-hybridized carbons (Fsp3) is 0.500. The summed E-state index contributed by atoms with van der Waals surface area (Å²) in [6.07, 6.45) is 0. The van der Waals surface area contributed by atoms with E-state index in [9.17, 15) is 18.3 Å². The third-order valence-electron chi connectivity index (χ3n) is 2.35. The molecule has 1 aromatic rings. The van der Waals surface area contributed by atoms with Crippen molar-refractivity contribution in [3.8, 4) is 0 Å². The van der Waals surface area contributed by atoms with Crippen LogP contribution in [0.2, 0.25) is 0 Å². The van der Waals surface area contributed by atoms with Crippen LogP contribution in [-0.4, -0.2) is 36.7 Å². The highest BCUT2D eigenvalue weighted by atomic mass is 32.2. The highest BCUT2D eigenvalue weighted by molar-refractivity contribution is 7.89. The molecule has 1 atom stereocenters. The summed E-state index contributed by atoms with van der Waals surface area (Å²) in [6.45, 7) is 3.90. The molecule has 0 bridgehead atoms. The van der Waals surface area contributed by atoms with Crippen LogP contribution in [0.4, 0.5) is 0 Å². The molecule has 0 saturated carbocycles. The van der Waals surface area contributed by atoms with Gasteiger partial charge in [-0.15, -0.1) is 11.3 Å². The second-order valence-corrected chi connectivity index (χ2v) is 7.38. The second-order valence-electron chi connectivity index (χ2n) is 4.18. The van der Waals surface area contributed by atoms with Crippen LogP contribution in [0.15, 0.2) is 11.0 Å². The van der Waals surface area contributed by atoms with E-state index in [1.807, 2.05) is 0 Å². The van der Waals surface area contributed by atoms with Gasteiger partial charge in [0.25, 0.3) is 0 Å². The molecule has 1 unspecified atom stereocenters. The maximum atomic E-state index is 11.9. The van der Waals surface area contributed by atoms with Gasteiger partial charge in [0.15, 0.2) is 5.60 Å². The van der Waals surface area contributed by atoms with Gasteiger partial charge in [-0.3, -0.25) is 0 Å². The van der Waals surface area contributed by atoms with Gasteiger partial charge in [0, 0.05) is 9.75 Å². The van der Waals surface area contributed by atoms with Crippen molar-refractivity contribution < 1.29 is 23.4 Å². The molecule has 1 rings (SSSR count). The molecule has 3 N–H and O–H groups in total. The molecule has 0 aliphatic carbocycles. The summed E-state index contributed by atoms with van der Waals surface area (Å²) in [5.74, 6) is -1.48. The Bertz CT molecular complexity index is 559. The molecule has 8 heteroatoms.